The number of amides is 1. The number of anilines is 1. The molecule has 1 atom stereocenters. The van der Waals surface area contributed by atoms with Crippen LogP contribution in [0.1, 0.15) is 28.9 Å². The molecule has 11 heteroatoms. The lowest BCUT2D eigenvalue weighted by atomic mass is 10.0. The molecule has 7 nitrogen and oxygen atoms in total. The second kappa shape index (κ2) is 10.0. The summed E-state index contributed by atoms with van der Waals surface area (Å²) >= 11 is 12.3. The number of carbonyl (C=O) groups excluding carboxylic acids is 1. The molecule has 1 fully saturated rings. The van der Waals surface area contributed by atoms with Gasteiger partial charge in [-0.05, 0) is 42.8 Å². The van der Waals surface area contributed by atoms with Crippen LogP contribution in [0.3, 0.4) is 0 Å². The van der Waals surface area contributed by atoms with Gasteiger partial charge in [0.2, 0.25) is 0 Å². The zero-order valence-corrected chi connectivity index (χ0v) is 21.0. The number of nitrogens with zero attached hydrogens (tertiary/aromatic N) is 2. The van der Waals surface area contributed by atoms with Gasteiger partial charge in [0.1, 0.15) is 11.9 Å². The van der Waals surface area contributed by atoms with Crippen molar-refractivity contribution in [3.63, 3.8) is 0 Å². The number of pyridine rings is 1. The van der Waals surface area contributed by atoms with Crippen molar-refractivity contribution in [2.45, 2.75) is 13.0 Å². The maximum Gasteiger partial charge on any atom is 0.253 e. The molecule has 0 spiro atoms. The largest absolute Gasteiger partial charge is 0.482 e. The SMILES string of the molecule is CC(Oc1cc(-c2ccc(C(=O)N3CCS(=O)(=O)CC3)cc2)cnc1N)c1c(Cl)ccc(F)c1Cl. The van der Waals surface area contributed by atoms with Crippen LogP contribution in [-0.4, -0.2) is 48.8 Å². The molecule has 1 aromatic heterocycles. The highest BCUT2D eigenvalue weighted by Crippen LogP contribution is 2.37. The predicted octanol–water partition coefficient (Wildman–Crippen LogP) is 4.79. The molecule has 0 saturated carbocycles. The number of sulfone groups is 1. The third-order valence-electron chi connectivity index (χ3n) is 5.77. The van der Waals surface area contributed by atoms with E-state index in [1.165, 1.54) is 17.0 Å². The van der Waals surface area contributed by atoms with E-state index in [2.05, 4.69) is 4.98 Å². The Labute approximate surface area is 212 Å². The summed E-state index contributed by atoms with van der Waals surface area (Å²) in [6.07, 6.45) is 0.861. The first-order chi connectivity index (χ1) is 16.6. The van der Waals surface area contributed by atoms with Crippen molar-refractivity contribution in [3.05, 3.63) is 75.7 Å². The van der Waals surface area contributed by atoms with Crippen LogP contribution < -0.4 is 10.5 Å². The van der Waals surface area contributed by atoms with Crippen molar-refractivity contribution in [3.8, 4) is 16.9 Å². The molecule has 0 bridgehead atoms. The summed E-state index contributed by atoms with van der Waals surface area (Å²) in [6, 6.07) is 11.1. The molecule has 1 aliphatic heterocycles. The fourth-order valence-corrected chi connectivity index (χ4v) is 5.65. The van der Waals surface area contributed by atoms with E-state index in [4.69, 9.17) is 33.7 Å². The lowest BCUT2D eigenvalue weighted by Crippen LogP contribution is -2.43. The Bertz CT molecular complexity index is 1370. The summed E-state index contributed by atoms with van der Waals surface area (Å²) in [7, 11) is -3.07. The Balaban J connectivity index is 1.53. The van der Waals surface area contributed by atoms with Gasteiger partial charge in [-0.15, -0.1) is 0 Å². The molecule has 2 N–H and O–H groups in total. The van der Waals surface area contributed by atoms with Crippen molar-refractivity contribution in [1.82, 2.24) is 9.88 Å². The summed E-state index contributed by atoms with van der Waals surface area (Å²) in [4.78, 5) is 18.5. The lowest BCUT2D eigenvalue weighted by Gasteiger charge is -2.26. The molecular formula is C24H22Cl2FN3O4S. The molecule has 4 rings (SSSR count). The molecule has 1 amide bonds. The highest BCUT2D eigenvalue weighted by Gasteiger charge is 2.26. The molecule has 2 aromatic carbocycles. The second-order valence-electron chi connectivity index (χ2n) is 8.15. The van der Waals surface area contributed by atoms with Crippen LogP contribution >= 0.6 is 23.2 Å². The fourth-order valence-electron chi connectivity index (χ4n) is 3.78. The Hall–Kier alpha value is -2.88. The molecule has 1 saturated heterocycles. The van der Waals surface area contributed by atoms with Crippen LogP contribution in [0, 0.1) is 5.82 Å². The van der Waals surface area contributed by atoms with Crippen molar-refractivity contribution in [2.24, 2.45) is 0 Å². The molecular weight excluding hydrogens is 516 g/mol. The average Bonchev–Trinajstić information content (AvgIpc) is 2.83. The number of ether oxygens (including phenoxy) is 1. The topological polar surface area (TPSA) is 103 Å². The first kappa shape index (κ1) is 25.2. The van der Waals surface area contributed by atoms with Gasteiger partial charge in [-0.1, -0.05) is 35.3 Å². The Morgan fingerprint density at radius 3 is 2.43 bits per heavy atom. The smallest absolute Gasteiger partial charge is 0.253 e. The standard InChI is InChI=1S/C24H22Cl2FN3O4S/c1-14(21-18(25)6-7-19(27)22(21)26)34-20-12-17(13-29-23(20)28)15-2-4-16(5-3-15)24(31)30-8-10-35(32,33)11-9-30/h2-7,12-14H,8-11H2,1H3,(H2,28,29). The normalized spacial score (nSPS) is 16.1. The highest BCUT2D eigenvalue weighted by molar-refractivity contribution is 7.91. The number of aromatic nitrogens is 1. The third-order valence-corrected chi connectivity index (χ3v) is 8.09. The molecule has 1 aliphatic rings. The fraction of sp³-hybridized carbons (Fsp3) is 0.250. The number of carbonyl (C=O) groups is 1. The van der Waals surface area contributed by atoms with Crippen molar-refractivity contribution in [1.29, 1.82) is 0 Å². The maximum absolute atomic E-state index is 13.9. The number of hydrogen-bond donors (Lipinski definition) is 1. The van der Waals surface area contributed by atoms with Crippen LogP contribution in [-0.2, 0) is 9.84 Å². The van der Waals surface area contributed by atoms with Crippen molar-refractivity contribution >= 4 is 44.8 Å². The molecule has 35 heavy (non-hydrogen) atoms. The van der Waals surface area contributed by atoms with Gasteiger partial charge in [0.15, 0.2) is 21.4 Å². The van der Waals surface area contributed by atoms with Gasteiger partial charge in [-0.2, -0.15) is 0 Å². The lowest BCUT2D eigenvalue weighted by molar-refractivity contribution is 0.0770. The number of benzene rings is 2. The Morgan fingerprint density at radius 1 is 1.11 bits per heavy atom. The minimum atomic E-state index is -3.07. The minimum Gasteiger partial charge on any atom is -0.482 e. The van der Waals surface area contributed by atoms with Crippen LogP contribution in [0.4, 0.5) is 10.2 Å². The quantitative estimate of drug-likeness (QED) is 0.469. The van der Waals surface area contributed by atoms with E-state index in [1.807, 2.05) is 0 Å². The monoisotopic (exact) mass is 537 g/mol. The summed E-state index contributed by atoms with van der Waals surface area (Å²) in [6.45, 7) is 2.04. The molecule has 0 radical (unpaired) electrons. The second-order valence-corrected chi connectivity index (χ2v) is 11.2. The molecule has 1 unspecified atom stereocenters. The molecule has 0 aliphatic carbocycles. The zero-order valence-electron chi connectivity index (χ0n) is 18.7. The zero-order chi connectivity index (χ0) is 25.3. The van der Waals surface area contributed by atoms with Gasteiger partial charge in [0.25, 0.3) is 5.91 Å². The van der Waals surface area contributed by atoms with Gasteiger partial charge in [-0.25, -0.2) is 17.8 Å². The van der Waals surface area contributed by atoms with E-state index in [1.54, 1.807) is 43.5 Å². The van der Waals surface area contributed by atoms with Crippen LogP contribution in [0.5, 0.6) is 5.75 Å². The van der Waals surface area contributed by atoms with E-state index >= 15 is 0 Å². The van der Waals surface area contributed by atoms with Gasteiger partial charge in [0.05, 0.1) is 16.5 Å². The third kappa shape index (κ3) is 5.52. The first-order valence-corrected chi connectivity index (χ1v) is 13.3. The van der Waals surface area contributed by atoms with Crippen molar-refractivity contribution < 1.29 is 22.3 Å². The highest BCUT2D eigenvalue weighted by atomic mass is 35.5. The van der Waals surface area contributed by atoms with E-state index < -0.39 is 21.8 Å². The maximum atomic E-state index is 13.9. The molecule has 2 heterocycles. The van der Waals surface area contributed by atoms with Crippen molar-refractivity contribution in [2.75, 3.05) is 30.3 Å². The summed E-state index contributed by atoms with van der Waals surface area (Å²) in [5.41, 5.74) is 8.19. The predicted molar refractivity (Wildman–Crippen MR) is 134 cm³/mol. The molecule has 184 valence electrons. The van der Waals surface area contributed by atoms with Gasteiger partial charge in [0, 0.05) is 41.0 Å². The summed E-state index contributed by atoms with van der Waals surface area (Å²) in [5, 5.41) is 0.136. The number of hydrogen-bond acceptors (Lipinski definition) is 6. The number of nitrogen functional groups attached to an aromatic ring is 1. The van der Waals surface area contributed by atoms with Gasteiger partial charge in [-0.3, -0.25) is 4.79 Å². The van der Waals surface area contributed by atoms with E-state index in [0.717, 1.165) is 5.56 Å². The average molecular weight is 538 g/mol. The number of halogens is 3. The summed E-state index contributed by atoms with van der Waals surface area (Å²) < 4.78 is 43.1. The van der Waals surface area contributed by atoms with Crippen LogP contribution in [0.25, 0.3) is 11.1 Å². The van der Waals surface area contributed by atoms with E-state index in [9.17, 15) is 17.6 Å². The van der Waals surface area contributed by atoms with E-state index in [0.29, 0.717) is 16.7 Å². The van der Waals surface area contributed by atoms with Gasteiger partial charge < -0.3 is 15.4 Å². The Kier molecular flexibility index (Phi) is 7.21. The Morgan fingerprint density at radius 2 is 1.77 bits per heavy atom. The van der Waals surface area contributed by atoms with Crippen LogP contribution in [0.15, 0.2) is 48.7 Å². The van der Waals surface area contributed by atoms with E-state index in [-0.39, 0.29) is 52.1 Å². The van der Waals surface area contributed by atoms with Gasteiger partial charge >= 0.3 is 0 Å². The number of nitrogens with two attached hydrogens (primary N) is 1. The molecule has 3 aromatic rings. The number of rotatable bonds is 5. The first-order valence-electron chi connectivity index (χ1n) is 10.7. The minimum absolute atomic E-state index is 0.0266. The van der Waals surface area contributed by atoms with Crippen LogP contribution in [0.2, 0.25) is 10.0 Å². The summed E-state index contributed by atoms with van der Waals surface area (Å²) in [5.74, 6) is -0.481.